The van der Waals surface area contributed by atoms with Gasteiger partial charge in [0.1, 0.15) is 5.65 Å². The number of primary amides is 1. The van der Waals surface area contributed by atoms with Gasteiger partial charge < -0.3 is 20.9 Å². The van der Waals surface area contributed by atoms with Crippen molar-refractivity contribution < 1.29 is 9.59 Å². The zero-order valence-electron chi connectivity index (χ0n) is 16.8. The highest BCUT2D eigenvalue weighted by atomic mass is 16.2. The van der Waals surface area contributed by atoms with Crippen molar-refractivity contribution >= 4 is 28.5 Å². The number of rotatable bonds is 4. The molecule has 0 saturated carbocycles. The summed E-state index contributed by atoms with van der Waals surface area (Å²) < 4.78 is 0. The van der Waals surface area contributed by atoms with E-state index in [9.17, 15) is 14.9 Å². The van der Waals surface area contributed by atoms with E-state index >= 15 is 0 Å². The molecule has 2 aromatic heterocycles. The molecule has 8 heteroatoms. The van der Waals surface area contributed by atoms with Gasteiger partial charge in [-0.05, 0) is 43.9 Å². The summed E-state index contributed by atoms with van der Waals surface area (Å²) in [6, 6.07) is 11.3. The molecule has 3 atom stereocenters. The van der Waals surface area contributed by atoms with Gasteiger partial charge in [0.15, 0.2) is 0 Å². The fourth-order valence-corrected chi connectivity index (χ4v) is 5.09. The van der Waals surface area contributed by atoms with Gasteiger partial charge in [-0.3, -0.25) is 9.59 Å². The fraction of sp³-hybridized carbons (Fsp3) is 0.304. The largest absolute Gasteiger partial charge is 0.381 e. The van der Waals surface area contributed by atoms with Crippen LogP contribution in [-0.4, -0.2) is 44.8 Å². The quantitative estimate of drug-likeness (QED) is 0.605. The second-order valence-corrected chi connectivity index (χ2v) is 8.22. The van der Waals surface area contributed by atoms with Gasteiger partial charge >= 0.3 is 0 Å². The maximum absolute atomic E-state index is 13.3. The van der Waals surface area contributed by atoms with Gasteiger partial charge in [0.25, 0.3) is 11.8 Å². The normalized spacial score (nSPS) is 22.3. The fourth-order valence-electron chi connectivity index (χ4n) is 5.09. The van der Waals surface area contributed by atoms with Crippen molar-refractivity contribution in [3.05, 3.63) is 59.4 Å². The first kappa shape index (κ1) is 19.1. The van der Waals surface area contributed by atoms with Crippen molar-refractivity contribution in [1.29, 1.82) is 5.26 Å². The monoisotopic (exact) mass is 414 g/mol. The predicted octanol–water partition coefficient (Wildman–Crippen LogP) is 2.78. The summed E-state index contributed by atoms with van der Waals surface area (Å²) in [6.07, 6.45) is 6.68. The number of benzene rings is 1. The zero-order chi connectivity index (χ0) is 21.5. The van der Waals surface area contributed by atoms with Crippen molar-refractivity contribution in [1.82, 2.24) is 14.9 Å². The number of pyridine rings is 1. The molecule has 1 aromatic carbocycles. The molecule has 2 saturated heterocycles. The smallest absolute Gasteiger partial charge is 0.255 e. The topological polar surface area (TPSA) is 128 Å². The molecule has 8 nitrogen and oxygen atoms in total. The molecule has 2 aliphatic rings. The average Bonchev–Trinajstić information content (AvgIpc) is 3.36. The van der Waals surface area contributed by atoms with Crippen LogP contribution in [-0.2, 0) is 0 Å². The molecule has 2 amide bonds. The number of nitriles is 1. The van der Waals surface area contributed by atoms with Gasteiger partial charge in [-0.1, -0.05) is 12.1 Å². The first-order valence-corrected chi connectivity index (χ1v) is 10.4. The summed E-state index contributed by atoms with van der Waals surface area (Å²) in [5.74, 6) is -0.598. The minimum atomic E-state index is -0.526. The molecule has 0 spiro atoms. The Hall–Kier alpha value is -3.86. The van der Waals surface area contributed by atoms with Crippen LogP contribution in [0.25, 0.3) is 11.0 Å². The molecule has 2 fully saturated rings. The molecule has 5 rings (SSSR count). The lowest BCUT2D eigenvalue weighted by atomic mass is 9.95. The first-order valence-electron chi connectivity index (χ1n) is 10.4. The van der Waals surface area contributed by atoms with Crippen molar-refractivity contribution in [3.63, 3.8) is 0 Å². The third kappa shape index (κ3) is 3.19. The number of H-pyrrole nitrogens is 1. The number of nitrogens with zero attached hydrogens (tertiary/aromatic N) is 3. The van der Waals surface area contributed by atoms with Crippen LogP contribution in [0.3, 0.4) is 0 Å². The summed E-state index contributed by atoms with van der Waals surface area (Å²) in [7, 11) is 0. The molecule has 0 aliphatic carbocycles. The Morgan fingerprint density at radius 3 is 2.61 bits per heavy atom. The minimum Gasteiger partial charge on any atom is -0.381 e. The number of hydrogen-bond acceptors (Lipinski definition) is 5. The highest BCUT2D eigenvalue weighted by Crippen LogP contribution is 2.39. The maximum Gasteiger partial charge on any atom is 0.255 e. The molecule has 4 heterocycles. The molecule has 0 radical (unpaired) electrons. The molecular formula is C23H22N6O2. The summed E-state index contributed by atoms with van der Waals surface area (Å²) in [6.45, 7) is 0. The summed E-state index contributed by atoms with van der Waals surface area (Å²) in [5, 5.41) is 13.7. The molecule has 2 bridgehead atoms. The van der Waals surface area contributed by atoms with Crippen molar-refractivity contribution in [2.24, 2.45) is 5.73 Å². The SMILES string of the molecule is N#Cc1ccccc1C(=O)N1[C@@H]2CC[C@H]1C[C@H](Nc1c(C(N)=O)cnc3[nH]ccc13)C2. The number of carbonyl (C=O) groups is 2. The lowest BCUT2D eigenvalue weighted by Gasteiger charge is -2.40. The van der Waals surface area contributed by atoms with Crippen LogP contribution in [0.15, 0.2) is 42.7 Å². The number of nitrogens with two attached hydrogens (primary N) is 1. The van der Waals surface area contributed by atoms with Gasteiger partial charge in [0, 0.05) is 35.9 Å². The highest BCUT2D eigenvalue weighted by Gasteiger charge is 2.44. The first-order chi connectivity index (χ1) is 15.1. The number of aromatic amines is 1. The Labute approximate surface area is 179 Å². The Morgan fingerprint density at radius 2 is 1.90 bits per heavy atom. The van der Waals surface area contributed by atoms with E-state index in [1.807, 2.05) is 11.0 Å². The maximum atomic E-state index is 13.3. The third-order valence-corrected chi connectivity index (χ3v) is 6.45. The van der Waals surface area contributed by atoms with Crippen LogP contribution >= 0.6 is 0 Å². The van der Waals surface area contributed by atoms with E-state index in [4.69, 9.17) is 5.73 Å². The van der Waals surface area contributed by atoms with Crippen LogP contribution in [0.5, 0.6) is 0 Å². The van der Waals surface area contributed by atoms with E-state index in [-0.39, 0.29) is 24.0 Å². The lowest BCUT2D eigenvalue weighted by Crippen LogP contribution is -2.50. The highest BCUT2D eigenvalue weighted by molar-refractivity contribution is 6.06. The predicted molar refractivity (Wildman–Crippen MR) is 115 cm³/mol. The molecule has 4 N–H and O–H groups in total. The standard InChI is InChI=1S/C23H22N6O2/c24-11-13-3-1-2-4-17(13)23(31)29-15-5-6-16(29)10-14(9-15)28-20-18-7-8-26-22(18)27-12-19(20)21(25)30/h1-4,7-8,12,14-16H,5-6,9-10H2,(H2,25,30)(H2,26,27,28)/t14-,15-,16+. The summed E-state index contributed by atoms with van der Waals surface area (Å²) >= 11 is 0. The van der Waals surface area contributed by atoms with Crippen LogP contribution in [0.1, 0.15) is 52.0 Å². The van der Waals surface area contributed by atoms with Gasteiger partial charge in [0.05, 0.1) is 28.4 Å². The zero-order valence-corrected chi connectivity index (χ0v) is 16.8. The van der Waals surface area contributed by atoms with Crippen LogP contribution in [0.2, 0.25) is 0 Å². The minimum absolute atomic E-state index is 0.0714. The number of hydrogen-bond donors (Lipinski definition) is 3. The summed E-state index contributed by atoms with van der Waals surface area (Å²) in [5.41, 5.74) is 8.21. The Balaban J connectivity index is 1.40. The van der Waals surface area contributed by atoms with Gasteiger partial charge in [-0.15, -0.1) is 0 Å². The molecule has 0 unspecified atom stereocenters. The Kier molecular flexibility index (Phi) is 4.59. The number of piperidine rings is 1. The van der Waals surface area contributed by atoms with Gasteiger partial charge in [-0.2, -0.15) is 5.26 Å². The van der Waals surface area contributed by atoms with E-state index in [0.717, 1.165) is 31.1 Å². The third-order valence-electron chi connectivity index (χ3n) is 6.45. The second-order valence-electron chi connectivity index (χ2n) is 8.22. The molecule has 31 heavy (non-hydrogen) atoms. The van der Waals surface area contributed by atoms with Crippen LogP contribution < -0.4 is 11.1 Å². The lowest BCUT2D eigenvalue weighted by molar-refractivity contribution is 0.0582. The van der Waals surface area contributed by atoms with E-state index in [0.29, 0.717) is 28.0 Å². The van der Waals surface area contributed by atoms with Crippen molar-refractivity contribution in [3.8, 4) is 6.07 Å². The van der Waals surface area contributed by atoms with E-state index in [1.54, 1.807) is 30.5 Å². The number of aromatic nitrogens is 2. The van der Waals surface area contributed by atoms with E-state index in [1.165, 1.54) is 6.20 Å². The Morgan fingerprint density at radius 1 is 1.16 bits per heavy atom. The van der Waals surface area contributed by atoms with E-state index in [2.05, 4.69) is 21.4 Å². The van der Waals surface area contributed by atoms with Crippen molar-refractivity contribution in [2.75, 3.05) is 5.32 Å². The van der Waals surface area contributed by atoms with Crippen molar-refractivity contribution in [2.45, 2.75) is 43.8 Å². The summed E-state index contributed by atoms with van der Waals surface area (Å²) in [4.78, 5) is 34.5. The van der Waals surface area contributed by atoms with Gasteiger partial charge in [-0.25, -0.2) is 4.98 Å². The van der Waals surface area contributed by atoms with E-state index < -0.39 is 5.91 Å². The second kappa shape index (κ2) is 7.43. The molecule has 156 valence electrons. The van der Waals surface area contributed by atoms with Gasteiger partial charge in [0.2, 0.25) is 0 Å². The Bertz CT molecular complexity index is 1210. The van der Waals surface area contributed by atoms with Crippen LogP contribution in [0.4, 0.5) is 5.69 Å². The molecule has 2 aliphatic heterocycles. The average molecular weight is 414 g/mol. The number of amides is 2. The van der Waals surface area contributed by atoms with Crippen LogP contribution in [0, 0.1) is 11.3 Å². The molecule has 3 aromatic rings. The number of anilines is 1. The number of fused-ring (bicyclic) bond motifs is 3. The molecular weight excluding hydrogens is 392 g/mol. The number of carbonyl (C=O) groups excluding carboxylic acids is 2. The number of nitrogens with one attached hydrogen (secondary N) is 2.